The van der Waals surface area contributed by atoms with Crippen LogP contribution in [0.4, 0.5) is 21.6 Å². The predicted molar refractivity (Wildman–Crippen MR) is 159 cm³/mol. The Morgan fingerprint density at radius 2 is 1.76 bits per heavy atom. The lowest BCUT2D eigenvalue weighted by atomic mass is 10.0. The first-order valence-corrected chi connectivity index (χ1v) is 15.1. The topological polar surface area (TPSA) is 97.3 Å². The van der Waals surface area contributed by atoms with Crippen LogP contribution in [0.25, 0.3) is 33.4 Å². The van der Waals surface area contributed by atoms with E-state index in [0.29, 0.717) is 30.1 Å². The van der Waals surface area contributed by atoms with Crippen LogP contribution in [0.3, 0.4) is 0 Å². The number of rotatable bonds is 6. The lowest BCUT2D eigenvalue weighted by Gasteiger charge is -2.28. The summed E-state index contributed by atoms with van der Waals surface area (Å²) in [5.41, 5.74) is 5.79. The number of benzene rings is 2. The molecule has 0 saturated carbocycles. The molecule has 5 aromatic rings. The van der Waals surface area contributed by atoms with Gasteiger partial charge in [0.05, 0.1) is 46.4 Å². The van der Waals surface area contributed by atoms with Crippen molar-refractivity contribution >= 4 is 37.9 Å². The van der Waals surface area contributed by atoms with Crippen LogP contribution in [0.1, 0.15) is 5.56 Å². The molecule has 8 nitrogen and oxygen atoms in total. The van der Waals surface area contributed by atoms with E-state index in [1.165, 1.54) is 18.4 Å². The van der Waals surface area contributed by atoms with Crippen molar-refractivity contribution in [2.45, 2.75) is 11.8 Å². The molecule has 2 aromatic carbocycles. The SMILES string of the molecule is Cc1c(-c2ccccn2)nc2cc(F)ccc2c1Nc1cc(N2CCOCC2)ncc1-c1ccc(S(C)(=O)=O)cc1. The summed E-state index contributed by atoms with van der Waals surface area (Å²) in [6.45, 7) is 4.63. The van der Waals surface area contributed by atoms with E-state index in [0.717, 1.165) is 52.4 Å². The van der Waals surface area contributed by atoms with E-state index in [2.05, 4.69) is 15.2 Å². The molecular formula is C31H28FN5O3S. The lowest BCUT2D eigenvalue weighted by Crippen LogP contribution is -2.36. The molecule has 1 aliphatic heterocycles. The molecule has 0 amide bonds. The summed E-state index contributed by atoms with van der Waals surface area (Å²) in [4.78, 5) is 16.4. The highest BCUT2D eigenvalue weighted by Crippen LogP contribution is 2.39. The van der Waals surface area contributed by atoms with Crippen molar-refractivity contribution in [3.8, 4) is 22.5 Å². The monoisotopic (exact) mass is 569 g/mol. The molecule has 41 heavy (non-hydrogen) atoms. The first-order chi connectivity index (χ1) is 19.8. The number of pyridine rings is 3. The first-order valence-electron chi connectivity index (χ1n) is 13.2. The third-order valence-electron chi connectivity index (χ3n) is 7.18. The normalized spacial score (nSPS) is 13.9. The zero-order valence-corrected chi connectivity index (χ0v) is 23.5. The summed E-state index contributed by atoms with van der Waals surface area (Å²) < 4.78 is 44.0. The van der Waals surface area contributed by atoms with E-state index in [-0.39, 0.29) is 10.7 Å². The summed E-state index contributed by atoms with van der Waals surface area (Å²) in [6, 6.07) is 18.9. The molecular weight excluding hydrogens is 541 g/mol. The minimum absolute atomic E-state index is 0.242. The van der Waals surface area contributed by atoms with E-state index in [9.17, 15) is 12.8 Å². The molecule has 3 aromatic heterocycles. The second kappa shape index (κ2) is 10.9. The molecule has 1 N–H and O–H groups in total. The second-order valence-electron chi connectivity index (χ2n) is 9.95. The Bertz CT molecular complexity index is 1840. The molecule has 0 aliphatic carbocycles. The van der Waals surface area contributed by atoms with Crippen LogP contribution in [0.2, 0.25) is 0 Å². The van der Waals surface area contributed by atoms with E-state index >= 15 is 0 Å². The molecule has 1 saturated heterocycles. The average molecular weight is 570 g/mol. The highest BCUT2D eigenvalue weighted by molar-refractivity contribution is 7.90. The number of hydrogen-bond acceptors (Lipinski definition) is 8. The molecule has 1 aliphatic rings. The lowest BCUT2D eigenvalue weighted by molar-refractivity contribution is 0.122. The molecule has 0 spiro atoms. The number of aromatic nitrogens is 3. The van der Waals surface area contributed by atoms with Gasteiger partial charge in [-0.15, -0.1) is 0 Å². The van der Waals surface area contributed by atoms with Gasteiger partial charge < -0.3 is 15.0 Å². The van der Waals surface area contributed by atoms with E-state index in [1.54, 1.807) is 42.7 Å². The number of hydrogen-bond donors (Lipinski definition) is 1. The molecule has 0 unspecified atom stereocenters. The zero-order chi connectivity index (χ0) is 28.6. The number of nitrogens with one attached hydrogen (secondary N) is 1. The Morgan fingerprint density at radius 3 is 2.46 bits per heavy atom. The number of anilines is 3. The van der Waals surface area contributed by atoms with Crippen LogP contribution < -0.4 is 10.2 Å². The fourth-order valence-electron chi connectivity index (χ4n) is 5.01. The molecule has 0 radical (unpaired) electrons. The Hall–Kier alpha value is -4.41. The molecule has 4 heterocycles. The van der Waals surface area contributed by atoms with Crippen LogP contribution in [0, 0.1) is 12.7 Å². The van der Waals surface area contributed by atoms with Crippen molar-refractivity contribution < 1.29 is 17.5 Å². The third kappa shape index (κ3) is 5.48. The van der Waals surface area contributed by atoms with Gasteiger partial charge in [0.25, 0.3) is 0 Å². The van der Waals surface area contributed by atoms with E-state index < -0.39 is 9.84 Å². The Morgan fingerprint density at radius 1 is 0.976 bits per heavy atom. The number of nitrogens with zero attached hydrogens (tertiary/aromatic N) is 4. The zero-order valence-electron chi connectivity index (χ0n) is 22.6. The van der Waals surface area contributed by atoms with Gasteiger partial charge in [0.2, 0.25) is 0 Å². The van der Waals surface area contributed by atoms with Gasteiger partial charge in [0, 0.05) is 60.4 Å². The fourth-order valence-corrected chi connectivity index (χ4v) is 5.64. The van der Waals surface area contributed by atoms with Crippen LogP contribution in [-0.4, -0.2) is 55.9 Å². The molecule has 6 rings (SSSR count). The predicted octanol–water partition coefficient (Wildman–Crippen LogP) is 5.79. The largest absolute Gasteiger partial charge is 0.378 e. The maximum Gasteiger partial charge on any atom is 0.175 e. The molecule has 0 bridgehead atoms. The Balaban J connectivity index is 1.53. The number of ether oxygens (including phenoxy) is 1. The van der Waals surface area contributed by atoms with Crippen molar-refractivity contribution in [2.24, 2.45) is 0 Å². The first kappa shape index (κ1) is 26.8. The number of halogens is 1. The minimum Gasteiger partial charge on any atom is -0.378 e. The quantitative estimate of drug-likeness (QED) is 0.275. The maximum absolute atomic E-state index is 14.3. The Kier molecular flexibility index (Phi) is 7.10. The van der Waals surface area contributed by atoms with E-state index in [1.807, 2.05) is 31.2 Å². The van der Waals surface area contributed by atoms with E-state index in [4.69, 9.17) is 14.7 Å². The van der Waals surface area contributed by atoms with Gasteiger partial charge in [-0.3, -0.25) is 4.98 Å². The highest BCUT2D eigenvalue weighted by atomic mass is 32.2. The highest BCUT2D eigenvalue weighted by Gasteiger charge is 2.20. The van der Waals surface area contributed by atoms with Crippen LogP contribution in [0.5, 0.6) is 0 Å². The standard InChI is InChI=1S/C31H28FN5O3S/c1-20-30(24-11-8-22(32)17-27(24)36-31(20)26-5-3-4-12-33-26)35-28-18-29(37-13-15-40-16-14-37)34-19-25(28)21-6-9-23(10-7-21)41(2,38)39/h3-12,17-19H,13-16H2,1-2H3,(H,34,35,36). The molecule has 10 heteroatoms. The summed E-state index contributed by atoms with van der Waals surface area (Å²) in [5.74, 6) is 0.413. The van der Waals surface area contributed by atoms with Gasteiger partial charge in [-0.2, -0.15) is 0 Å². The number of sulfone groups is 1. The van der Waals surface area contributed by atoms with Crippen molar-refractivity contribution in [1.82, 2.24) is 15.0 Å². The number of fused-ring (bicyclic) bond motifs is 1. The second-order valence-corrected chi connectivity index (χ2v) is 12.0. The molecule has 1 fully saturated rings. The average Bonchev–Trinajstić information content (AvgIpc) is 2.99. The van der Waals surface area contributed by atoms with Crippen molar-refractivity contribution in [3.63, 3.8) is 0 Å². The van der Waals surface area contributed by atoms with Crippen LogP contribution >= 0.6 is 0 Å². The minimum atomic E-state index is -3.34. The summed E-state index contributed by atoms with van der Waals surface area (Å²) >= 11 is 0. The summed E-state index contributed by atoms with van der Waals surface area (Å²) in [5, 5.41) is 4.39. The van der Waals surface area contributed by atoms with Crippen molar-refractivity contribution in [2.75, 3.05) is 42.8 Å². The summed E-state index contributed by atoms with van der Waals surface area (Å²) in [7, 11) is -3.34. The summed E-state index contributed by atoms with van der Waals surface area (Å²) in [6.07, 6.45) is 4.68. The molecule has 0 atom stereocenters. The van der Waals surface area contributed by atoms with Crippen LogP contribution in [0.15, 0.2) is 84.0 Å². The third-order valence-corrected chi connectivity index (χ3v) is 8.31. The van der Waals surface area contributed by atoms with Crippen LogP contribution in [-0.2, 0) is 14.6 Å². The maximum atomic E-state index is 14.3. The Labute approximate surface area is 237 Å². The van der Waals surface area contributed by atoms with Gasteiger partial charge in [-0.1, -0.05) is 18.2 Å². The van der Waals surface area contributed by atoms with Crippen molar-refractivity contribution in [3.05, 3.63) is 90.5 Å². The van der Waals surface area contributed by atoms with Crippen molar-refractivity contribution in [1.29, 1.82) is 0 Å². The van der Waals surface area contributed by atoms with Gasteiger partial charge in [0.15, 0.2) is 9.84 Å². The number of morpholine rings is 1. The van der Waals surface area contributed by atoms with Gasteiger partial charge in [0.1, 0.15) is 11.6 Å². The van der Waals surface area contributed by atoms with Gasteiger partial charge in [-0.05, 0) is 48.9 Å². The van der Waals surface area contributed by atoms with Gasteiger partial charge >= 0.3 is 0 Å². The fraction of sp³-hybridized carbons (Fsp3) is 0.194. The van der Waals surface area contributed by atoms with Gasteiger partial charge in [-0.25, -0.2) is 22.8 Å². The molecule has 208 valence electrons. The smallest absolute Gasteiger partial charge is 0.175 e.